The maximum Gasteiger partial charge on any atom is 0.338 e. The molecule has 126 valence electrons. The zero-order chi connectivity index (χ0) is 18.5. The topological polar surface area (TPSA) is 147 Å². The zero-order valence-corrected chi connectivity index (χ0v) is 12.7. The smallest absolute Gasteiger partial charge is 0.338 e. The third-order valence-corrected chi connectivity index (χ3v) is 3.78. The molecule has 0 unspecified atom stereocenters. The Hall–Kier alpha value is -3.75. The fourth-order valence-electron chi connectivity index (χ4n) is 2.77. The quantitative estimate of drug-likeness (QED) is 0.278. The third kappa shape index (κ3) is 2.21. The molecule has 1 amide bonds. The van der Waals surface area contributed by atoms with Gasteiger partial charge in [-0.1, -0.05) is 24.3 Å². The maximum absolute atomic E-state index is 12.6. The Morgan fingerprint density at radius 3 is 1.96 bits per heavy atom. The molecule has 0 spiro atoms. The molecule has 0 radical (unpaired) electrons. The van der Waals surface area contributed by atoms with Crippen LogP contribution in [-0.2, 0) is 4.79 Å². The van der Waals surface area contributed by atoms with Crippen molar-refractivity contribution < 1.29 is 29.5 Å². The highest BCUT2D eigenvalue weighted by Crippen LogP contribution is 2.49. The van der Waals surface area contributed by atoms with Crippen molar-refractivity contribution in [3.8, 4) is 11.5 Å². The molecule has 0 fully saturated rings. The average Bonchev–Trinajstić information content (AvgIpc) is 2.55. The van der Waals surface area contributed by atoms with Crippen LogP contribution in [0, 0.1) is 10.1 Å². The first-order chi connectivity index (χ1) is 11.8. The summed E-state index contributed by atoms with van der Waals surface area (Å²) in [6.45, 7) is 1.03. The number of nitro groups is 1. The maximum atomic E-state index is 12.6. The summed E-state index contributed by atoms with van der Waals surface area (Å²) in [5, 5.41) is 33.9. The summed E-state index contributed by atoms with van der Waals surface area (Å²) in [5.74, 6) is -4.43. The number of nitro benzene ring substituents is 1. The number of anilines is 1. The van der Waals surface area contributed by atoms with E-state index in [1.807, 2.05) is 5.32 Å². The van der Waals surface area contributed by atoms with Gasteiger partial charge in [0.2, 0.25) is 11.7 Å². The fourth-order valence-corrected chi connectivity index (χ4v) is 2.77. The Balaban J connectivity index is 2.43. The highest BCUT2D eigenvalue weighted by molar-refractivity contribution is 6.31. The Bertz CT molecular complexity index is 994. The summed E-state index contributed by atoms with van der Waals surface area (Å²) in [4.78, 5) is 46.8. The molecule has 0 saturated carbocycles. The highest BCUT2D eigenvalue weighted by Gasteiger charge is 2.41. The minimum Gasteiger partial charge on any atom is -0.505 e. The van der Waals surface area contributed by atoms with Gasteiger partial charge in [0.1, 0.15) is 0 Å². The number of fused-ring (bicyclic) bond motifs is 2. The lowest BCUT2D eigenvalue weighted by Gasteiger charge is -2.21. The molecule has 1 aliphatic carbocycles. The second-order valence-corrected chi connectivity index (χ2v) is 5.31. The standard InChI is InChI=1S/C16H10N2O7/c1-6(19)17-11-12(18(24)25)16(23)10-9(15(11)22)13(20)7-4-2-3-5-8(7)14(10)21/h2-5,22-23H,1H3,(H,17,19). The molecule has 9 nitrogen and oxygen atoms in total. The van der Waals surface area contributed by atoms with Crippen molar-refractivity contribution in [1.29, 1.82) is 0 Å². The first kappa shape index (κ1) is 16.1. The number of nitrogens with one attached hydrogen (secondary N) is 1. The number of phenols is 2. The number of hydrogen-bond acceptors (Lipinski definition) is 7. The average molecular weight is 342 g/mol. The van der Waals surface area contributed by atoms with Crippen LogP contribution >= 0.6 is 0 Å². The molecule has 3 rings (SSSR count). The van der Waals surface area contributed by atoms with Gasteiger partial charge in [-0.05, 0) is 0 Å². The van der Waals surface area contributed by atoms with Crippen molar-refractivity contribution in [2.24, 2.45) is 0 Å². The van der Waals surface area contributed by atoms with Crippen LogP contribution in [-0.4, -0.2) is 32.6 Å². The Kier molecular flexibility index (Phi) is 3.49. The van der Waals surface area contributed by atoms with E-state index in [9.17, 15) is 34.7 Å². The summed E-state index contributed by atoms with van der Waals surface area (Å²) >= 11 is 0. The molecule has 3 N–H and O–H groups in total. The van der Waals surface area contributed by atoms with E-state index in [4.69, 9.17) is 0 Å². The van der Waals surface area contributed by atoms with Gasteiger partial charge in [-0.2, -0.15) is 0 Å². The molecule has 0 heterocycles. The number of benzene rings is 2. The number of nitrogens with zero attached hydrogens (tertiary/aromatic N) is 1. The Morgan fingerprint density at radius 1 is 1.04 bits per heavy atom. The van der Waals surface area contributed by atoms with Gasteiger partial charge in [0, 0.05) is 18.1 Å². The van der Waals surface area contributed by atoms with Crippen LogP contribution in [0.15, 0.2) is 24.3 Å². The fraction of sp³-hybridized carbons (Fsp3) is 0.0625. The minimum atomic E-state index is -1.09. The van der Waals surface area contributed by atoms with Gasteiger partial charge in [0.15, 0.2) is 23.0 Å². The largest absolute Gasteiger partial charge is 0.505 e. The van der Waals surface area contributed by atoms with Gasteiger partial charge < -0.3 is 15.5 Å². The van der Waals surface area contributed by atoms with Gasteiger partial charge >= 0.3 is 5.69 Å². The predicted octanol–water partition coefficient (Wildman–Crippen LogP) is 1.74. The van der Waals surface area contributed by atoms with Crippen LogP contribution < -0.4 is 5.32 Å². The molecule has 0 aliphatic heterocycles. The predicted molar refractivity (Wildman–Crippen MR) is 84.0 cm³/mol. The monoisotopic (exact) mass is 342 g/mol. The highest BCUT2D eigenvalue weighted by atomic mass is 16.6. The summed E-state index contributed by atoms with van der Waals surface area (Å²) in [5.41, 5.74) is -3.12. The lowest BCUT2D eigenvalue weighted by Crippen LogP contribution is -2.22. The SMILES string of the molecule is CC(=O)Nc1c(O)c2c(c(O)c1[N+](=O)[O-])C(=O)c1ccccc1C2=O. The first-order valence-electron chi connectivity index (χ1n) is 6.98. The molecule has 2 aromatic rings. The molecule has 0 atom stereocenters. The van der Waals surface area contributed by atoms with Gasteiger partial charge in [-0.3, -0.25) is 24.5 Å². The van der Waals surface area contributed by atoms with E-state index in [-0.39, 0.29) is 11.1 Å². The van der Waals surface area contributed by atoms with Gasteiger partial charge in [-0.25, -0.2) is 0 Å². The van der Waals surface area contributed by atoms with E-state index < -0.39 is 56.4 Å². The number of carbonyl (C=O) groups excluding carboxylic acids is 3. The number of rotatable bonds is 2. The van der Waals surface area contributed by atoms with Crippen molar-refractivity contribution in [2.45, 2.75) is 6.92 Å². The molecule has 0 aromatic heterocycles. The van der Waals surface area contributed by atoms with E-state index in [0.29, 0.717) is 0 Å². The number of phenolic OH excluding ortho intramolecular Hbond substituents is 2. The summed E-state index contributed by atoms with van der Waals surface area (Å²) in [6, 6.07) is 5.69. The van der Waals surface area contributed by atoms with E-state index in [1.54, 1.807) is 0 Å². The van der Waals surface area contributed by atoms with Gasteiger partial charge in [-0.15, -0.1) is 0 Å². The van der Waals surface area contributed by atoms with Crippen LogP contribution in [0.4, 0.5) is 11.4 Å². The lowest BCUT2D eigenvalue weighted by atomic mass is 9.82. The molecule has 25 heavy (non-hydrogen) atoms. The second-order valence-electron chi connectivity index (χ2n) is 5.31. The third-order valence-electron chi connectivity index (χ3n) is 3.78. The van der Waals surface area contributed by atoms with Gasteiger partial charge in [0.25, 0.3) is 0 Å². The van der Waals surface area contributed by atoms with Gasteiger partial charge in [0.05, 0.1) is 16.1 Å². The zero-order valence-electron chi connectivity index (χ0n) is 12.7. The van der Waals surface area contributed by atoms with Crippen LogP contribution in [0.2, 0.25) is 0 Å². The summed E-state index contributed by atoms with van der Waals surface area (Å²) < 4.78 is 0. The number of hydrogen-bond donors (Lipinski definition) is 3. The van der Waals surface area contributed by atoms with Crippen molar-refractivity contribution >= 4 is 28.8 Å². The number of amides is 1. The van der Waals surface area contributed by atoms with Crippen molar-refractivity contribution in [3.05, 3.63) is 56.6 Å². The van der Waals surface area contributed by atoms with Crippen LogP contribution in [0.25, 0.3) is 0 Å². The Labute approximate surface area is 139 Å². The number of aromatic hydroxyl groups is 2. The van der Waals surface area contributed by atoms with Crippen molar-refractivity contribution in [1.82, 2.24) is 0 Å². The summed E-state index contributed by atoms with van der Waals surface area (Å²) in [6.07, 6.45) is 0. The van der Waals surface area contributed by atoms with E-state index in [2.05, 4.69) is 0 Å². The molecule has 1 aliphatic rings. The van der Waals surface area contributed by atoms with Crippen LogP contribution in [0.5, 0.6) is 11.5 Å². The molecular formula is C16H10N2O7. The molecule has 0 saturated heterocycles. The first-order valence-corrected chi connectivity index (χ1v) is 6.98. The normalized spacial score (nSPS) is 12.4. The van der Waals surface area contributed by atoms with Crippen molar-refractivity contribution in [2.75, 3.05) is 5.32 Å². The van der Waals surface area contributed by atoms with E-state index >= 15 is 0 Å². The molecular weight excluding hydrogens is 332 g/mol. The number of carbonyl (C=O) groups is 3. The van der Waals surface area contributed by atoms with E-state index in [0.717, 1.165) is 6.92 Å². The van der Waals surface area contributed by atoms with Crippen LogP contribution in [0.3, 0.4) is 0 Å². The lowest BCUT2D eigenvalue weighted by molar-refractivity contribution is -0.385. The van der Waals surface area contributed by atoms with E-state index in [1.165, 1.54) is 24.3 Å². The minimum absolute atomic E-state index is 0.0164. The molecule has 2 aromatic carbocycles. The number of ketones is 2. The molecule has 0 bridgehead atoms. The Morgan fingerprint density at radius 2 is 1.52 bits per heavy atom. The summed E-state index contributed by atoms with van der Waals surface area (Å²) in [7, 11) is 0. The van der Waals surface area contributed by atoms with Crippen LogP contribution in [0.1, 0.15) is 38.8 Å². The second kappa shape index (κ2) is 5.41. The van der Waals surface area contributed by atoms with Crippen molar-refractivity contribution in [3.63, 3.8) is 0 Å². The molecule has 9 heteroatoms.